The number of anilines is 1. The minimum atomic E-state index is -1.03. The Morgan fingerprint density at radius 2 is 2.38 bits per heavy atom. The first-order chi connectivity index (χ1) is 7.56. The average Bonchev–Trinajstić information content (AvgIpc) is 2.70. The molecule has 88 valence electrons. The zero-order chi connectivity index (χ0) is 12.1. The van der Waals surface area contributed by atoms with Crippen LogP contribution < -0.4 is 5.32 Å². The number of hydrogen-bond donors (Lipinski definition) is 2. The number of likely N-dealkylation sites (N-methyl/N-ethyl adjacent to an activating group) is 1. The maximum Gasteiger partial charge on any atom is 0.326 e. The van der Waals surface area contributed by atoms with Crippen LogP contribution in [0.3, 0.4) is 0 Å². The predicted molar refractivity (Wildman–Crippen MR) is 58.4 cm³/mol. The summed E-state index contributed by atoms with van der Waals surface area (Å²) in [6.45, 7) is 1.71. The Labute approximate surface area is 96.2 Å². The van der Waals surface area contributed by atoms with Crippen LogP contribution in [-0.4, -0.2) is 44.7 Å². The summed E-state index contributed by atoms with van der Waals surface area (Å²) >= 11 is 1.03. The molecule has 1 atom stereocenters. The first-order valence-corrected chi connectivity index (χ1v) is 5.37. The van der Waals surface area contributed by atoms with Crippen molar-refractivity contribution in [1.82, 2.24) is 14.5 Å². The third-order valence-corrected chi connectivity index (χ3v) is 2.63. The van der Waals surface area contributed by atoms with E-state index in [1.165, 1.54) is 13.2 Å². The van der Waals surface area contributed by atoms with E-state index in [1.807, 2.05) is 0 Å². The number of carboxylic acids is 1. The Kier molecular flexibility index (Phi) is 4.18. The third-order valence-electron chi connectivity index (χ3n) is 2.05. The molecule has 16 heavy (non-hydrogen) atoms. The van der Waals surface area contributed by atoms with E-state index in [1.54, 1.807) is 6.92 Å². The van der Waals surface area contributed by atoms with Crippen molar-refractivity contribution in [3.8, 4) is 0 Å². The number of rotatable bonds is 4. The number of aromatic nitrogens is 2. The fourth-order valence-electron chi connectivity index (χ4n) is 1.17. The molecule has 2 N–H and O–H groups in total. The fourth-order valence-corrected chi connectivity index (χ4v) is 1.58. The van der Waals surface area contributed by atoms with E-state index < -0.39 is 18.0 Å². The number of carboxylic acid groups (broad SMARTS) is 1. The van der Waals surface area contributed by atoms with Gasteiger partial charge in [-0.15, -0.1) is 5.10 Å². The fraction of sp³-hybridized carbons (Fsp3) is 0.500. The van der Waals surface area contributed by atoms with E-state index in [4.69, 9.17) is 5.11 Å². The van der Waals surface area contributed by atoms with Crippen molar-refractivity contribution in [3.05, 3.63) is 6.20 Å². The first-order valence-electron chi connectivity index (χ1n) is 4.60. The lowest BCUT2D eigenvalue weighted by atomic mass is 10.2. The number of urea groups is 1. The van der Waals surface area contributed by atoms with Crippen LogP contribution in [-0.2, 0) is 4.79 Å². The molecule has 2 amide bonds. The molecule has 0 spiro atoms. The Morgan fingerprint density at radius 3 is 2.81 bits per heavy atom. The smallest absolute Gasteiger partial charge is 0.326 e. The number of nitrogens with one attached hydrogen (secondary N) is 1. The molecule has 0 radical (unpaired) electrons. The highest BCUT2D eigenvalue weighted by Gasteiger charge is 2.24. The number of amides is 2. The highest BCUT2D eigenvalue weighted by atomic mass is 32.1. The zero-order valence-electron chi connectivity index (χ0n) is 8.88. The van der Waals surface area contributed by atoms with Crippen LogP contribution in [0.4, 0.5) is 9.80 Å². The molecule has 0 aromatic carbocycles. The molecule has 0 aliphatic carbocycles. The molecular weight excluding hydrogens is 232 g/mol. The minimum absolute atomic E-state index is 0.347. The van der Waals surface area contributed by atoms with Crippen LogP contribution in [0.15, 0.2) is 6.20 Å². The second kappa shape index (κ2) is 5.40. The van der Waals surface area contributed by atoms with Gasteiger partial charge in [0, 0.05) is 18.6 Å². The van der Waals surface area contributed by atoms with Gasteiger partial charge in [0.1, 0.15) is 11.0 Å². The molecule has 0 aliphatic rings. The minimum Gasteiger partial charge on any atom is -0.480 e. The number of carbonyl (C=O) groups excluding carboxylic acids is 1. The van der Waals surface area contributed by atoms with Crippen molar-refractivity contribution in [2.24, 2.45) is 0 Å². The van der Waals surface area contributed by atoms with E-state index in [9.17, 15) is 9.59 Å². The summed E-state index contributed by atoms with van der Waals surface area (Å²) in [7, 11) is 1.44. The summed E-state index contributed by atoms with van der Waals surface area (Å²) in [5.41, 5.74) is 0. The van der Waals surface area contributed by atoms with Gasteiger partial charge in [0.15, 0.2) is 0 Å². The van der Waals surface area contributed by atoms with Crippen molar-refractivity contribution in [1.29, 1.82) is 0 Å². The summed E-state index contributed by atoms with van der Waals surface area (Å²) < 4.78 is 3.58. The third kappa shape index (κ3) is 2.89. The van der Waals surface area contributed by atoms with Crippen LogP contribution >= 0.6 is 11.5 Å². The van der Waals surface area contributed by atoms with Gasteiger partial charge in [-0.2, -0.15) is 0 Å². The van der Waals surface area contributed by atoms with Gasteiger partial charge in [-0.25, -0.2) is 9.59 Å². The highest BCUT2D eigenvalue weighted by Crippen LogP contribution is 2.11. The van der Waals surface area contributed by atoms with Gasteiger partial charge in [-0.05, 0) is 6.42 Å². The van der Waals surface area contributed by atoms with Crippen LogP contribution in [0.2, 0.25) is 0 Å². The van der Waals surface area contributed by atoms with E-state index in [2.05, 4.69) is 14.9 Å². The van der Waals surface area contributed by atoms with Crippen molar-refractivity contribution in [2.45, 2.75) is 19.4 Å². The van der Waals surface area contributed by atoms with Crippen LogP contribution in [0, 0.1) is 0 Å². The molecule has 0 aliphatic heterocycles. The van der Waals surface area contributed by atoms with Crippen LogP contribution in [0.25, 0.3) is 0 Å². The molecule has 7 nitrogen and oxygen atoms in total. The topological polar surface area (TPSA) is 95.4 Å². The SMILES string of the molecule is CCC(C(=O)O)N(C)C(=O)Nc1cnns1. The quantitative estimate of drug-likeness (QED) is 0.819. The molecular formula is C8H12N4O3S. The lowest BCUT2D eigenvalue weighted by molar-refractivity contribution is -0.141. The maximum atomic E-state index is 11.6. The highest BCUT2D eigenvalue weighted by molar-refractivity contribution is 7.10. The van der Waals surface area contributed by atoms with Crippen molar-refractivity contribution < 1.29 is 14.7 Å². The molecule has 0 fully saturated rings. The van der Waals surface area contributed by atoms with Crippen LogP contribution in [0.5, 0.6) is 0 Å². The monoisotopic (exact) mass is 244 g/mol. The van der Waals surface area contributed by atoms with Crippen molar-refractivity contribution in [2.75, 3.05) is 12.4 Å². The van der Waals surface area contributed by atoms with Crippen molar-refractivity contribution >= 4 is 28.5 Å². The van der Waals surface area contributed by atoms with Gasteiger partial charge >= 0.3 is 12.0 Å². The van der Waals surface area contributed by atoms with Gasteiger partial charge in [-0.1, -0.05) is 11.4 Å². The van der Waals surface area contributed by atoms with E-state index in [0.717, 1.165) is 16.4 Å². The van der Waals surface area contributed by atoms with E-state index in [-0.39, 0.29) is 0 Å². The molecule has 1 rings (SSSR count). The molecule has 1 heterocycles. The Balaban J connectivity index is 2.62. The normalized spacial score (nSPS) is 11.9. The predicted octanol–water partition coefficient (Wildman–Crippen LogP) is 0.865. The first kappa shape index (κ1) is 12.4. The maximum absolute atomic E-state index is 11.6. The molecule has 0 saturated heterocycles. The standard InChI is InChI=1S/C8H12N4O3S/c1-3-5(7(13)14)12(2)8(15)10-6-4-9-11-16-6/h4-5H,3H2,1-2H3,(H,10,15)(H,13,14). The van der Waals surface area contributed by atoms with E-state index >= 15 is 0 Å². The lowest BCUT2D eigenvalue weighted by Crippen LogP contribution is -2.44. The molecule has 8 heteroatoms. The summed E-state index contributed by atoms with van der Waals surface area (Å²) in [6, 6.07) is -1.32. The number of nitrogens with zero attached hydrogens (tertiary/aromatic N) is 3. The second-order valence-corrected chi connectivity index (χ2v) is 3.87. The van der Waals surface area contributed by atoms with Gasteiger partial charge in [0.2, 0.25) is 0 Å². The van der Waals surface area contributed by atoms with Crippen LogP contribution in [0.1, 0.15) is 13.3 Å². The lowest BCUT2D eigenvalue weighted by Gasteiger charge is -2.23. The Morgan fingerprint density at radius 1 is 1.69 bits per heavy atom. The average molecular weight is 244 g/mol. The van der Waals surface area contributed by atoms with Gasteiger partial charge in [0.05, 0.1) is 6.20 Å². The molecule has 0 bridgehead atoms. The molecule has 1 aromatic rings. The Hall–Kier alpha value is -1.70. The Bertz CT molecular complexity index is 367. The number of aliphatic carboxylic acids is 1. The van der Waals surface area contributed by atoms with Gasteiger partial charge in [0.25, 0.3) is 0 Å². The zero-order valence-corrected chi connectivity index (χ0v) is 9.69. The summed E-state index contributed by atoms with van der Waals surface area (Å²) in [4.78, 5) is 23.6. The van der Waals surface area contributed by atoms with Gasteiger partial charge < -0.3 is 10.0 Å². The van der Waals surface area contributed by atoms with E-state index in [0.29, 0.717) is 11.4 Å². The van der Waals surface area contributed by atoms with Gasteiger partial charge in [-0.3, -0.25) is 5.32 Å². The number of hydrogen-bond acceptors (Lipinski definition) is 5. The second-order valence-electron chi connectivity index (χ2n) is 3.09. The largest absolute Gasteiger partial charge is 0.480 e. The summed E-state index contributed by atoms with van der Waals surface area (Å²) in [5.74, 6) is -1.03. The summed E-state index contributed by atoms with van der Waals surface area (Å²) in [5, 5.41) is 15.4. The molecule has 1 aromatic heterocycles. The molecule has 0 saturated carbocycles. The summed E-state index contributed by atoms with van der Waals surface area (Å²) in [6.07, 6.45) is 1.75. The molecule has 1 unspecified atom stereocenters. The number of carbonyl (C=O) groups is 2. The van der Waals surface area contributed by atoms with Crippen molar-refractivity contribution in [3.63, 3.8) is 0 Å².